The van der Waals surface area contributed by atoms with Crippen LogP contribution in [0.4, 0.5) is 0 Å². The lowest BCUT2D eigenvalue weighted by Crippen LogP contribution is -2.49. The molecule has 2 nitrogen and oxygen atoms in total. The fourth-order valence-electron chi connectivity index (χ4n) is 2.18. The van der Waals surface area contributed by atoms with Crippen LogP contribution in [0, 0.1) is 0 Å². The monoisotopic (exact) mass is 212 g/mol. The molecule has 2 aliphatic rings. The molecule has 1 heterocycles. The molecule has 0 spiro atoms. The molecule has 0 aromatic heterocycles. The summed E-state index contributed by atoms with van der Waals surface area (Å²) in [6.45, 7) is 6.63. The highest BCUT2D eigenvalue weighted by molar-refractivity contribution is 6.31. The summed E-state index contributed by atoms with van der Waals surface area (Å²) in [5.74, 6) is 0. The number of nitrogens with zero attached hydrogens (tertiary/aromatic N) is 1. The van der Waals surface area contributed by atoms with E-state index in [4.69, 9.17) is 11.6 Å². The molecule has 1 aliphatic heterocycles. The van der Waals surface area contributed by atoms with E-state index in [0.717, 1.165) is 37.6 Å². The minimum Gasteiger partial charge on any atom is -0.314 e. The van der Waals surface area contributed by atoms with Crippen LogP contribution in [-0.4, -0.2) is 37.1 Å². The number of nitrogens with one attached hydrogen (secondary N) is 1. The predicted molar refractivity (Wildman–Crippen MR) is 60.5 cm³/mol. The lowest BCUT2D eigenvalue weighted by Gasteiger charge is -2.36. The lowest BCUT2D eigenvalue weighted by atomic mass is 9.98. The Morgan fingerprint density at radius 1 is 1.43 bits per heavy atom. The minimum absolute atomic E-state index is 0.537. The van der Waals surface area contributed by atoms with Gasteiger partial charge >= 0.3 is 0 Å². The number of hydrogen-bond donors (Lipinski definition) is 1. The predicted octanol–water partition coefficient (Wildman–Crippen LogP) is 1.73. The first-order valence-corrected chi connectivity index (χ1v) is 5.64. The van der Waals surface area contributed by atoms with Gasteiger partial charge in [0.1, 0.15) is 0 Å². The van der Waals surface area contributed by atoms with Crippen LogP contribution in [-0.2, 0) is 0 Å². The van der Waals surface area contributed by atoms with E-state index < -0.39 is 0 Å². The first kappa shape index (κ1) is 10.2. The second-order valence-electron chi connectivity index (χ2n) is 3.97. The van der Waals surface area contributed by atoms with Crippen molar-refractivity contribution < 1.29 is 0 Å². The van der Waals surface area contributed by atoms with Gasteiger partial charge in [-0.1, -0.05) is 17.7 Å². The van der Waals surface area contributed by atoms with Crippen molar-refractivity contribution in [1.29, 1.82) is 0 Å². The maximum absolute atomic E-state index is 6.13. The standard InChI is InChI=1S/C11H17ClN2/c1-9-10(12)3-2-4-11(9)14-7-5-13-6-8-14/h2-3,11,13H,4-8H2,1H3. The second kappa shape index (κ2) is 4.47. The Bertz CT molecular complexity index is 264. The van der Waals surface area contributed by atoms with Gasteiger partial charge in [-0.2, -0.15) is 0 Å². The summed E-state index contributed by atoms with van der Waals surface area (Å²) >= 11 is 6.13. The largest absolute Gasteiger partial charge is 0.314 e. The second-order valence-corrected chi connectivity index (χ2v) is 4.38. The third-order valence-corrected chi connectivity index (χ3v) is 3.52. The molecule has 0 bridgehead atoms. The Morgan fingerprint density at radius 2 is 2.14 bits per heavy atom. The van der Waals surface area contributed by atoms with E-state index in [2.05, 4.69) is 23.2 Å². The molecule has 0 aromatic carbocycles. The lowest BCUT2D eigenvalue weighted by molar-refractivity contribution is 0.194. The van der Waals surface area contributed by atoms with Gasteiger partial charge in [0.25, 0.3) is 0 Å². The van der Waals surface area contributed by atoms with Crippen molar-refractivity contribution in [3.63, 3.8) is 0 Å². The van der Waals surface area contributed by atoms with E-state index in [0.29, 0.717) is 6.04 Å². The Kier molecular flexibility index (Phi) is 3.26. The highest BCUT2D eigenvalue weighted by Gasteiger charge is 2.23. The number of rotatable bonds is 1. The summed E-state index contributed by atoms with van der Waals surface area (Å²) < 4.78 is 0. The van der Waals surface area contributed by atoms with Gasteiger partial charge in [0.15, 0.2) is 0 Å². The van der Waals surface area contributed by atoms with Crippen LogP contribution >= 0.6 is 11.6 Å². The Morgan fingerprint density at radius 3 is 2.86 bits per heavy atom. The molecule has 1 aliphatic carbocycles. The van der Waals surface area contributed by atoms with Crippen LogP contribution in [0.25, 0.3) is 0 Å². The molecular formula is C11H17ClN2. The molecule has 3 heteroatoms. The summed E-state index contributed by atoms with van der Waals surface area (Å²) in [7, 11) is 0. The Hall–Kier alpha value is -0.310. The van der Waals surface area contributed by atoms with Gasteiger partial charge in [-0.25, -0.2) is 0 Å². The maximum Gasteiger partial charge on any atom is 0.0407 e. The molecule has 2 rings (SSSR count). The number of piperazine rings is 1. The van der Waals surface area contributed by atoms with Gasteiger partial charge in [0.2, 0.25) is 0 Å². The van der Waals surface area contributed by atoms with Gasteiger partial charge in [-0.05, 0) is 25.0 Å². The smallest absolute Gasteiger partial charge is 0.0407 e. The Balaban J connectivity index is 2.07. The average Bonchev–Trinajstić information content (AvgIpc) is 2.23. The highest BCUT2D eigenvalue weighted by Crippen LogP contribution is 2.25. The molecule has 14 heavy (non-hydrogen) atoms. The topological polar surface area (TPSA) is 15.3 Å². The molecule has 1 unspecified atom stereocenters. The van der Waals surface area contributed by atoms with E-state index >= 15 is 0 Å². The van der Waals surface area contributed by atoms with Crippen LogP contribution in [0.5, 0.6) is 0 Å². The molecule has 1 atom stereocenters. The third kappa shape index (κ3) is 2.02. The van der Waals surface area contributed by atoms with Crippen molar-refractivity contribution in [3.8, 4) is 0 Å². The minimum atomic E-state index is 0.537. The van der Waals surface area contributed by atoms with E-state index in [-0.39, 0.29) is 0 Å². The van der Waals surface area contributed by atoms with Crippen molar-refractivity contribution in [2.45, 2.75) is 19.4 Å². The molecule has 1 saturated heterocycles. The average molecular weight is 213 g/mol. The number of halogens is 1. The van der Waals surface area contributed by atoms with Crippen molar-refractivity contribution in [3.05, 3.63) is 22.8 Å². The fourth-order valence-corrected chi connectivity index (χ4v) is 2.40. The van der Waals surface area contributed by atoms with Crippen molar-refractivity contribution >= 4 is 11.6 Å². The van der Waals surface area contributed by atoms with Crippen LogP contribution in [0.15, 0.2) is 22.8 Å². The maximum atomic E-state index is 6.13. The summed E-state index contributed by atoms with van der Waals surface area (Å²) in [6.07, 6.45) is 5.32. The van der Waals surface area contributed by atoms with E-state index in [1.165, 1.54) is 5.57 Å². The Labute approximate surface area is 90.6 Å². The molecule has 0 radical (unpaired) electrons. The molecule has 0 saturated carbocycles. The first-order chi connectivity index (χ1) is 6.79. The molecule has 1 fully saturated rings. The summed E-state index contributed by atoms with van der Waals surface area (Å²) in [5.41, 5.74) is 1.33. The van der Waals surface area contributed by atoms with Crippen LogP contribution < -0.4 is 5.32 Å². The van der Waals surface area contributed by atoms with Gasteiger partial charge in [-0.15, -0.1) is 0 Å². The summed E-state index contributed by atoms with van der Waals surface area (Å²) in [6, 6.07) is 0.537. The highest BCUT2D eigenvalue weighted by atomic mass is 35.5. The summed E-state index contributed by atoms with van der Waals surface area (Å²) in [4.78, 5) is 2.53. The SMILES string of the molecule is CC1=C(Cl)C=CCC1N1CCNCC1. The zero-order valence-electron chi connectivity index (χ0n) is 8.59. The van der Waals surface area contributed by atoms with E-state index in [9.17, 15) is 0 Å². The van der Waals surface area contributed by atoms with Crippen molar-refractivity contribution in [2.75, 3.05) is 26.2 Å². The van der Waals surface area contributed by atoms with E-state index in [1.807, 2.05) is 6.08 Å². The normalized spacial score (nSPS) is 29.7. The first-order valence-electron chi connectivity index (χ1n) is 5.26. The quantitative estimate of drug-likeness (QED) is 0.713. The van der Waals surface area contributed by atoms with Gasteiger partial charge < -0.3 is 5.32 Å². The number of allylic oxidation sites excluding steroid dienone is 2. The van der Waals surface area contributed by atoms with Crippen LogP contribution in [0.2, 0.25) is 0 Å². The van der Waals surface area contributed by atoms with Crippen molar-refractivity contribution in [2.24, 2.45) is 0 Å². The van der Waals surface area contributed by atoms with Crippen LogP contribution in [0.1, 0.15) is 13.3 Å². The molecular weight excluding hydrogens is 196 g/mol. The zero-order valence-corrected chi connectivity index (χ0v) is 9.35. The van der Waals surface area contributed by atoms with Crippen molar-refractivity contribution in [1.82, 2.24) is 10.2 Å². The van der Waals surface area contributed by atoms with Gasteiger partial charge in [0, 0.05) is 37.3 Å². The third-order valence-electron chi connectivity index (χ3n) is 3.09. The molecule has 0 aromatic rings. The fraction of sp³-hybridized carbons (Fsp3) is 0.636. The van der Waals surface area contributed by atoms with E-state index in [1.54, 1.807) is 0 Å². The number of hydrogen-bond acceptors (Lipinski definition) is 2. The zero-order chi connectivity index (χ0) is 9.97. The van der Waals surface area contributed by atoms with Gasteiger partial charge in [0.05, 0.1) is 0 Å². The summed E-state index contributed by atoms with van der Waals surface area (Å²) in [5, 5.41) is 4.30. The van der Waals surface area contributed by atoms with Gasteiger partial charge in [-0.3, -0.25) is 4.90 Å². The molecule has 1 N–H and O–H groups in total. The molecule has 0 amide bonds. The van der Waals surface area contributed by atoms with Crippen LogP contribution in [0.3, 0.4) is 0 Å². The molecule has 78 valence electrons.